The molecule has 0 amide bonds. The maximum absolute atomic E-state index is 12.8. The van der Waals surface area contributed by atoms with Gasteiger partial charge in [0.1, 0.15) is 22.3 Å². The van der Waals surface area contributed by atoms with Gasteiger partial charge in [-0.25, -0.2) is 0 Å². The van der Waals surface area contributed by atoms with E-state index in [9.17, 15) is 9.59 Å². The van der Waals surface area contributed by atoms with Gasteiger partial charge in [-0.15, -0.1) is 0 Å². The summed E-state index contributed by atoms with van der Waals surface area (Å²) in [4.78, 5) is 27.1. The van der Waals surface area contributed by atoms with Gasteiger partial charge in [0, 0.05) is 27.6 Å². The van der Waals surface area contributed by atoms with Crippen LogP contribution < -0.4 is 15.8 Å². The summed E-state index contributed by atoms with van der Waals surface area (Å²) in [5.74, 6) is 0. The van der Waals surface area contributed by atoms with Gasteiger partial charge >= 0.3 is 0 Å². The molecule has 0 fully saturated rings. The molecule has 10 aromatic rings. The van der Waals surface area contributed by atoms with E-state index in [1.807, 2.05) is 97.1 Å². The van der Waals surface area contributed by atoms with Crippen molar-refractivity contribution in [2.45, 2.75) is 6.42 Å². The fourth-order valence-corrected chi connectivity index (χ4v) is 7.07. The zero-order valence-electron chi connectivity index (χ0n) is 30.8. The topological polar surface area (TPSA) is 63.7 Å². The Morgan fingerprint density at radius 1 is 0.368 bits per heavy atom. The van der Waals surface area contributed by atoms with Gasteiger partial charge in [0.15, 0.2) is 0 Å². The summed E-state index contributed by atoms with van der Waals surface area (Å²) in [6, 6.07) is 67.2. The summed E-state index contributed by atoms with van der Waals surface area (Å²) in [6.07, 6.45) is 1.03. The van der Waals surface area contributed by atoms with Crippen molar-refractivity contribution in [1.82, 2.24) is 0 Å². The van der Waals surface area contributed by atoms with Gasteiger partial charge in [0.25, 0.3) is 0 Å². The Labute approximate surface area is 337 Å². The van der Waals surface area contributed by atoms with Gasteiger partial charge in [-0.1, -0.05) is 137 Å². The Morgan fingerprint density at radius 2 is 0.754 bits per heavy atom. The Morgan fingerprint density at radius 3 is 1.25 bits per heavy atom. The second-order valence-corrected chi connectivity index (χ2v) is 14.2. The van der Waals surface area contributed by atoms with Crippen LogP contribution in [0.25, 0.3) is 43.9 Å². The highest BCUT2D eigenvalue weighted by molar-refractivity contribution is 9.10. The highest BCUT2D eigenvalue weighted by Crippen LogP contribution is 2.35. The highest BCUT2D eigenvalue weighted by Gasteiger charge is 2.15. The highest BCUT2D eigenvalue weighted by atomic mass is 79.9. The van der Waals surface area contributed by atoms with E-state index in [1.54, 1.807) is 24.3 Å². The van der Waals surface area contributed by atoms with Gasteiger partial charge in [-0.2, -0.15) is 0 Å². The molecular weight excluding hydrogens is 770 g/mol. The van der Waals surface area contributed by atoms with E-state index in [1.165, 1.54) is 11.1 Å². The molecular formula is C51H36BrNO4. The molecule has 276 valence electrons. The number of hydrogen-bond donors (Lipinski definition) is 0. The lowest BCUT2D eigenvalue weighted by Gasteiger charge is -2.25. The van der Waals surface area contributed by atoms with Gasteiger partial charge in [0.2, 0.25) is 10.9 Å². The molecule has 2 aromatic heterocycles. The Bertz CT molecular complexity index is 2960. The lowest BCUT2D eigenvalue weighted by molar-refractivity contribution is 0.659. The van der Waals surface area contributed by atoms with E-state index in [0.29, 0.717) is 43.9 Å². The molecule has 57 heavy (non-hydrogen) atoms. The van der Waals surface area contributed by atoms with E-state index in [2.05, 4.69) is 106 Å². The SMILES string of the molecule is O=c1c2ccccc2oc2cc(Br)ccc12.O=c1c2ccccc2oc2cc(N(c3ccccc3)c3ccccc3)ccc12.c1ccc(Cc2ccccc2)cc1. The van der Waals surface area contributed by atoms with E-state index in [-0.39, 0.29) is 10.9 Å². The third kappa shape index (κ3) is 8.47. The molecule has 0 spiro atoms. The molecule has 0 saturated heterocycles. The Hall–Kier alpha value is -7.02. The van der Waals surface area contributed by atoms with Gasteiger partial charge in [-0.3, -0.25) is 9.59 Å². The van der Waals surface area contributed by atoms with Crippen molar-refractivity contribution < 1.29 is 8.83 Å². The normalized spacial score (nSPS) is 10.8. The number of nitrogens with zero attached hydrogens (tertiary/aromatic N) is 1. The number of hydrogen-bond acceptors (Lipinski definition) is 5. The number of para-hydroxylation sites is 4. The van der Waals surface area contributed by atoms with Crippen LogP contribution in [0, 0.1) is 0 Å². The van der Waals surface area contributed by atoms with Crippen molar-refractivity contribution in [3.8, 4) is 0 Å². The summed E-state index contributed by atoms with van der Waals surface area (Å²) >= 11 is 3.36. The average Bonchev–Trinajstić information content (AvgIpc) is 3.26. The molecule has 0 unspecified atom stereocenters. The molecule has 0 saturated carbocycles. The van der Waals surface area contributed by atoms with E-state index >= 15 is 0 Å². The smallest absolute Gasteiger partial charge is 0.200 e. The molecule has 0 N–H and O–H groups in total. The van der Waals surface area contributed by atoms with Crippen LogP contribution >= 0.6 is 15.9 Å². The zero-order valence-corrected chi connectivity index (χ0v) is 32.4. The van der Waals surface area contributed by atoms with Crippen LogP contribution in [0.4, 0.5) is 17.1 Å². The predicted octanol–water partition coefficient (Wildman–Crippen LogP) is 13.4. The average molecular weight is 807 g/mol. The molecule has 6 heteroatoms. The first-order valence-corrected chi connectivity index (χ1v) is 19.4. The fraction of sp³-hybridized carbons (Fsp3) is 0.0196. The molecule has 0 bridgehead atoms. The largest absolute Gasteiger partial charge is 0.456 e. The van der Waals surface area contributed by atoms with Gasteiger partial charge in [-0.05, 0) is 96.4 Å². The first-order valence-electron chi connectivity index (χ1n) is 18.6. The first kappa shape index (κ1) is 36.9. The van der Waals surface area contributed by atoms with Crippen LogP contribution in [-0.4, -0.2) is 0 Å². The second-order valence-electron chi connectivity index (χ2n) is 13.3. The molecule has 0 aliphatic carbocycles. The third-order valence-electron chi connectivity index (χ3n) is 9.48. The predicted molar refractivity (Wildman–Crippen MR) is 238 cm³/mol. The number of rotatable bonds is 5. The lowest BCUT2D eigenvalue weighted by atomic mass is 10.1. The van der Waals surface area contributed by atoms with Gasteiger partial charge in [0.05, 0.1) is 21.5 Å². The standard InChI is InChI=1S/C25H17NO2.C13H7BrO2.C13H12/c27-25-21-13-7-8-14-23(21)28-24-17-20(15-16-22(24)25)26(18-9-3-1-4-10-18)19-11-5-2-6-12-19;14-8-5-6-10-12(7-8)16-11-4-2-1-3-9(11)13(10)15;1-3-7-12(8-4-1)11-13-9-5-2-6-10-13/h1-17H;1-7H;1-10H,11H2. The van der Waals surface area contributed by atoms with Crippen molar-refractivity contribution in [3.63, 3.8) is 0 Å². The van der Waals surface area contributed by atoms with Crippen molar-refractivity contribution in [3.05, 3.63) is 242 Å². The van der Waals surface area contributed by atoms with Crippen molar-refractivity contribution in [2.24, 2.45) is 0 Å². The minimum Gasteiger partial charge on any atom is -0.456 e. The first-order chi connectivity index (χ1) is 28.0. The van der Waals surface area contributed by atoms with Crippen molar-refractivity contribution in [2.75, 3.05) is 4.90 Å². The summed E-state index contributed by atoms with van der Waals surface area (Å²) in [5.41, 5.74) is 8.18. The molecule has 0 aliphatic rings. The second kappa shape index (κ2) is 17.2. The minimum absolute atomic E-state index is 0.00521. The zero-order chi connectivity index (χ0) is 39.0. The summed E-state index contributed by atoms with van der Waals surface area (Å²) in [6.45, 7) is 0. The molecule has 8 aromatic carbocycles. The molecule has 0 aliphatic heterocycles. The van der Waals surface area contributed by atoms with Crippen LogP contribution in [-0.2, 0) is 6.42 Å². The lowest BCUT2D eigenvalue weighted by Crippen LogP contribution is -2.10. The van der Waals surface area contributed by atoms with E-state index < -0.39 is 0 Å². The number of halogens is 1. The molecule has 0 radical (unpaired) electrons. The van der Waals surface area contributed by atoms with Crippen LogP contribution in [0.2, 0.25) is 0 Å². The molecule has 10 rings (SSSR count). The number of anilines is 3. The maximum atomic E-state index is 12.8. The van der Waals surface area contributed by atoms with Crippen LogP contribution in [0.15, 0.2) is 229 Å². The van der Waals surface area contributed by atoms with E-state index in [0.717, 1.165) is 28.0 Å². The summed E-state index contributed by atoms with van der Waals surface area (Å²) < 4.78 is 12.6. The monoisotopic (exact) mass is 805 g/mol. The third-order valence-corrected chi connectivity index (χ3v) is 9.98. The van der Waals surface area contributed by atoms with Crippen LogP contribution in [0.3, 0.4) is 0 Å². The Balaban J connectivity index is 0.000000132. The number of benzene rings is 8. The summed E-state index contributed by atoms with van der Waals surface area (Å²) in [5, 5.41) is 2.42. The Kier molecular flexibility index (Phi) is 11.1. The molecule has 2 heterocycles. The molecule has 0 atom stereocenters. The quantitative estimate of drug-likeness (QED) is 0.162. The maximum Gasteiger partial charge on any atom is 0.200 e. The van der Waals surface area contributed by atoms with Crippen LogP contribution in [0.1, 0.15) is 11.1 Å². The summed E-state index contributed by atoms with van der Waals surface area (Å²) in [7, 11) is 0. The van der Waals surface area contributed by atoms with Crippen molar-refractivity contribution >= 4 is 76.9 Å². The van der Waals surface area contributed by atoms with Crippen LogP contribution in [0.5, 0.6) is 0 Å². The van der Waals surface area contributed by atoms with Gasteiger partial charge < -0.3 is 13.7 Å². The van der Waals surface area contributed by atoms with Crippen molar-refractivity contribution in [1.29, 1.82) is 0 Å². The number of fused-ring (bicyclic) bond motifs is 4. The minimum atomic E-state index is -0.00521. The van der Waals surface area contributed by atoms with E-state index in [4.69, 9.17) is 8.83 Å². The molecule has 5 nitrogen and oxygen atoms in total. The fourth-order valence-electron chi connectivity index (χ4n) is 6.73.